The number of aromatic hydroxyl groups is 1. The minimum Gasteiger partial charge on any atom is -0.492 e. The summed E-state index contributed by atoms with van der Waals surface area (Å²) in [6.45, 7) is 0. The van der Waals surface area contributed by atoms with Gasteiger partial charge in [-0.25, -0.2) is 9.48 Å². The van der Waals surface area contributed by atoms with Crippen molar-refractivity contribution in [2.75, 3.05) is 19.0 Å². The van der Waals surface area contributed by atoms with Crippen molar-refractivity contribution in [1.29, 1.82) is 0 Å². The normalized spacial score (nSPS) is 10.3. The Kier molecular flexibility index (Phi) is 2.93. The van der Waals surface area contributed by atoms with Crippen molar-refractivity contribution >= 4 is 11.7 Å². The summed E-state index contributed by atoms with van der Waals surface area (Å²) >= 11 is 0. The quantitative estimate of drug-likeness (QED) is 0.855. The number of aromatic carboxylic acids is 1. The number of carbonyl (C=O) groups is 1. The molecule has 1 aromatic carbocycles. The first-order valence-corrected chi connectivity index (χ1v) is 5.29. The van der Waals surface area contributed by atoms with Gasteiger partial charge < -0.3 is 15.1 Å². The molecule has 0 aliphatic carbocycles. The molecule has 6 nitrogen and oxygen atoms in total. The number of benzene rings is 1. The average molecular weight is 247 g/mol. The zero-order valence-electron chi connectivity index (χ0n) is 10.0. The number of anilines is 1. The maximum Gasteiger partial charge on any atom is 0.354 e. The highest BCUT2D eigenvalue weighted by atomic mass is 16.4. The predicted molar refractivity (Wildman–Crippen MR) is 66.5 cm³/mol. The van der Waals surface area contributed by atoms with Crippen molar-refractivity contribution in [2.24, 2.45) is 0 Å². The molecule has 0 atom stereocenters. The van der Waals surface area contributed by atoms with E-state index in [9.17, 15) is 9.90 Å². The molecule has 0 unspecified atom stereocenters. The molecule has 1 heterocycles. The first-order valence-electron chi connectivity index (χ1n) is 5.29. The van der Waals surface area contributed by atoms with Crippen LogP contribution in [0.1, 0.15) is 10.5 Å². The lowest BCUT2D eigenvalue weighted by molar-refractivity contribution is 0.0687. The van der Waals surface area contributed by atoms with Gasteiger partial charge in [-0.15, -0.1) is 5.10 Å². The van der Waals surface area contributed by atoms with E-state index in [1.54, 1.807) is 12.1 Å². The van der Waals surface area contributed by atoms with Crippen molar-refractivity contribution in [1.82, 2.24) is 9.78 Å². The third kappa shape index (κ3) is 2.13. The number of hydrogen-bond donors (Lipinski definition) is 2. The lowest BCUT2D eigenvalue weighted by Crippen LogP contribution is -2.10. The fourth-order valence-electron chi connectivity index (χ4n) is 1.61. The zero-order valence-corrected chi connectivity index (χ0v) is 10.0. The van der Waals surface area contributed by atoms with Gasteiger partial charge in [0.15, 0.2) is 5.69 Å². The van der Waals surface area contributed by atoms with Crippen molar-refractivity contribution in [3.8, 4) is 11.6 Å². The van der Waals surface area contributed by atoms with Gasteiger partial charge in [-0.1, -0.05) is 0 Å². The van der Waals surface area contributed by atoms with Crippen LogP contribution >= 0.6 is 0 Å². The lowest BCUT2D eigenvalue weighted by Gasteiger charge is -2.12. The van der Waals surface area contributed by atoms with Gasteiger partial charge in [0.05, 0.1) is 5.69 Å². The lowest BCUT2D eigenvalue weighted by atomic mass is 10.2. The molecule has 0 radical (unpaired) electrons. The second kappa shape index (κ2) is 4.40. The third-order valence-electron chi connectivity index (χ3n) is 2.53. The molecule has 94 valence electrons. The molecule has 0 aliphatic rings. The van der Waals surface area contributed by atoms with Gasteiger partial charge in [-0.3, -0.25) is 0 Å². The second-order valence-electron chi connectivity index (χ2n) is 4.02. The Morgan fingerprint density at radius 3 is 2.39 bits per heavy atom. The predicted octanol–water partition coefficient (Wildman–Crippen LogP) is 1.34. The highest BCUT2D eigenvalue weighted by Gasteiger charge is 2.15. The Balaban J connectivity index is 2.45. The van der Waals surface area contributed by atoms with Crippen LogP contribution in [0.2, 0.25) is 0 Å². The number of carboxylic acid groups (broad SMARTS) is 1. The molecule has 0 fully saturated rings. The molecular formula is C12H13N3O3. The van der Waals surface area contributed by atoms with E-state index >= 15 is 0 Å². The number of hydrogen-bond acceptors (Lipinski definition) is 4. The van der Waals surface area contributed by atoms with Crippen molar-refractivity contribution < 1.29 is 15.0 Å². The molecule has 1 aromatic heterocycles. The van der Waals surface area contributed by atoms with Gasteiger partial charge >= 0.3 is 5.97 Å². The topological polar surface area (TPSA) is 78.6 Å². The molecule has 2 rings (SSSR count). The van der Waals surface area contributed by atoms with Gasteiger partial charge in [0.25, 0.3) is 0 Å². The summed E-state index contributed by atoms with van der Waals surface area (Å²) in [6.07, 6.45) is 0. The fourth-order valence-corrected chi connectivity index (χ4v) is 1.61. The van der Waals surface area contributed by atoms with E-state index in [0.29, 0.717) is 5.69 Å². The van der Waals surface area contributed by atoms with E-state index in [2.05, 4.69) is 5.10 Å². The number of nitrogens with zero attached hydrogens (tertiary/aromatic N) is 3. The highest BCUT2D eigenvalue weighted by molar-refractivity contribution is 5.86. The largest absolute Gasteiger partial charge is 0.492 e. The third-order valence-corrected chi connectivity index (χ3v) is 2.53. The minimum absolute atomic E-state index is 0.0786. The van der Waals surface area contributed by atoms with Gasteiger partial charge in [0.2, 0.25) is 5.88 Å². The van der Waals surface area contributed by atoms with Crippen LogP contribution in [0, 0.1) is 0 Å². The van der Waals surface area contributed by atoms with Crippen LogP contribution in [0.5, 0.6) is 5.88 Å². The number of carboxylic acids is 1. The Hall–Kier alpha value is -2.50. The summed E-state index contributed by atoms with van der Waals surface area (Å²) < 4.78 is 1.19. The van der Waals surface area contributed by atoms with Crippen LogP contribution < -0.4 is 4.90 Å². The molecule has 0 saturated heterocycles. The van der Waals surface area contributed by atoms with E-state index in [1.807, 2.05) is 31.1 Å². The maximum absolute atomic E-state index is 11.0. The zero-order chi connectivity index (χ0) is 13.3. The van der Waals surface area contributed by atoms with Crippen molar-refractivity contribution in [3.05, 3.63) is 36.0 Å². The van der Waals surface area contributed by atoms with E-state index in [4.69, 9.17) is 5.11 Å². The smallest absolute Gasteiger partial charge is 0.354 e. The van der Waals surface area contributed by atoms with E-state index in [0.717, 1.165) is 11.8 Å². The highest BCUT2D eigenvalue weighted by Crippen LogP contribution is 2.19. The molecule has 0 amide bonds. The fraction of sp³-hybridized carbons (Fsp3) is 0.167. The summed E-state index contributed by atoms with van der Waals surface area (Å²) in [5, 5.41) is 22.0. The monoisotopic (exact) mass is 247 g/mol. The summed E-state index contributed by atoms with van der Waals surface area (Å²) in [6, 6.07) is 8.30. The first kappa shape index (κ1) is 12.0. The van der Waals surface area contributed by atoms with Crippen LogP contribution in [0.4, 0.5) is 5.69 Å². The number of rotatable bonds is 3. The Bertz CT molecular complexity index is 573. The Labute approximate surface area is 104 Å². The second-order valence-corrected chi connectivity index (χ2v) is 4.02. The molecule has 0 aliphatic heterocycles. The van der Waals surface area contributed by atoms with Gasteiger partial charge in [-0.2, -0.15) is 0 Å². The first-order chi connectivity index (χ1) is 8.49. The van der Waals surface area contributed by atoms with E-state index < -0.39 is 5.97 Å². The van der Waals surface area contributed by atoms with E-state index in [1.165, 1.54) is 4.68 Å². The van der Waals surface area contributed by atoms with Crippen LogP contribution in [0.25, 0.3) is 5.69 Å². The molecule has 6 heteroatoms. The summed E-state index contributed by atoms with van der Waals surface area (Å²) in [5.41, 5.74) is 1.50. The van der Waals surface area contributed by atoms with Crippen molar-refractivity contribution in [3.63, 3.8) is 0 Å². The SMILES string of the molecule is CN(C)c1ccc(-n2nc(O)cc2C(=O)O)cc1. The summed E-state index contributed by atoms with van der Waals surface area (Å²) in [7, 11) is 3.83. The van der Waals surface area contributed by atoms with E-state index in [-0.39, 0.29) is 11.6 Å². The molecule has 0 bridgehead atoms. The molecule has 2 aromatic rings. The van der Waals surface area contributed by atoms with Crippen LogP contribution in [0.15, 0.2) is 30.3 Å². The van der Waals surface area contributed by atoms with Crippen LogP contribution in [-0.4, -0.2) is 40.1 Å². The average Bonchev–Trinajstić information content (AvgIpc) is 2.71. The maximum atomic E-state index is 11.0. The van der Waals surface area contributed by atoms with Gasteiger partial charge in [0.1, 0.15) is 0 Å². The summed E-state index contributed by atoms with van der Waals surface area (Å²) in [4.78, 5) is 12.9. The Morgan fingerprint density at radius 2 is 1.89 bits per heavy atom. The molecular weight excluding hydrogens is 234 g/mol. The molecule has 2 N–H and O–H groups in total. The minimum atomic E-state index is -1.14. The van der Waals surface area contributed by atoms with Gasteiger partial charge in [-0.05, 0) is 24.3 Å². The number of aromatic nitrogens is 2. The van der Waals surface area contributed by atoms with Crippen LogP contribution in [0.3, 0.4) is 0 Å². The van der Waals surface area contributed by atoms with Crippen molar-refractivity contribution in [2.45, 2.75) is 0 Å². The standard InChI is InChI=1S/C12H13N3O3/c1-14(2)8-3-5-9(6-4-8)15-10(12(17)18)7-11(16)13-15/h3-7H,1-2H3,(H,13,16)(H,17,18). The molecule has 0 spiro atoms. The molecule has 0 saturated carbocycles. The molecule has 18 heavy (non-hydrogen) atoms. The van der Waals surface area contributed by atoms with Gasteiger partial charge in [0, 0.05) is 25.8 Å². The summed E-state index contributed by atoms with van der Waals surface area (Å²) in [5.74, 6) is -1.46. The van der Waals surface area contributed by atoms with Crippen LogP contribution in [-0.2, 0) is 0 Å². The Morgan fingerprint density at radius 1 is 1.28 bits per heavy atom.